The highest BCUT2D eigenvalue weighted by Gasteiger charge is 2.21. The van der Waals surface area contributed by atoms with E-state index in [1.165, 1.54) is 24.0 Å². The van der Waals surface area contributed by atoms with Gasteiger partial charge in [-0.2, -0.15) is 0 Å². The van der Waals surface area contributed by atoms with Crippen molar-refractivity contribution >= 4 is 0 Å². The third-order valence-electron chi connectivity index (χ3n) is 2.98. The second-order valence-electron chi connectivity index (χ2n) is 4.33. The van der Waals surface area contributed by atoms with Gasteiger partial charge in [-0.3, -0.25) is 0 Å². The van der Waals surface area contributed by atoms with Crippen LogP contribution < -0.4 is 0 Å². The van der Waals surface area contributed by atoms with Gasteiger partial charge >= 0.3 is 0 Å². The maximum atomic E-state index is 9.37. The number of phenols is 1. The van der Waals surface area contributed by atoms with Crippen LogP contribution in [0.3, 0.4) is 0 Å². The van der Waals surface area contributed by atoms with Crippen molar-refractivity contribution in [3.63, 3.8) is 0 Å². The maximum absolute atomic E-state index is 9.37. The number of fused-ring (bicyclic) bond motifs is 1. The molecule has 1 aliphatic carbocycles. The Labute approximate surface area is 79.4 Å². The molecule has 1 aromatic rings. The number of benzene rings is 1. The molecule has 0 heterocycles. The summed E-state index contributed by atoms with van der Waals surface area (Å²) < 4.78 is 0. The van der Waals surface area contributed by atoms with Crippen molar-refractivity contribution in [2.45, 2.75) is 32.6 Å². The van der Waals surface area contributed by atoms with Crippen LogP contribution >= 0.6 is 0 Å². The third kappa shape index (κ3) is 1.55. The Kier molecular flexibility index (Phi) is 2.03. The number of phenolic OH excluding ortho intramolecular Hbond substituents is 1. The molecule has 2 rings (SSSR count). The van der Waals surface area contributed by atoms with Crippen LogP contribution in [0, 0.1) is 5.92 Å². The Morgan fingerprint density at radius 1 is 1.31 bits per heavy atom. The van der Waals surface area contributed by atoms with Crippen molar-refractivity contribution in [3.8, 4) is 5.75 Å². The van der Waals surface area contributed by atoms with E-state index in [4.69, 9.17) is 0 Å². The van der Waals surface area contributed by atoms with Gasteiger partial charge in [0.2, 0.25) is 0 Å². The summed E-state index contributed by atoms with van der Waals surface area (Å²) in [6.45, 7) is 4.54. The predicted octanol–water partition coefficient (Wildman–Crippen LogP) is 3.08. The Morgan fingerprint density at radius 2 is 2.08 bits per heavy atom. The molecule has 0 aromatic heterocycles. The zero-order valence-corrected chi connectivity index (χ0v) is 8.25. The minimum atomic E-state index is 0.403. The molecular weight excluding hydrogens is 160 g/mol. The summed E-state index contributed by atoms with van der Waals surface area (Å²) in [7, 11) is 0. The Balaban J connectivity index is 2.43. The molecule has 70 valence electrons. The topological polar surface area (TPSA) is 20.2 Å². The molecule has 2 atom stereocenters. The fraction of sp³-hybridized carbons (Fsp3) is 0.500. The van der Waals surface area contributed by atoms with E-state index in [0.717, 1.165) is 5.92 Å². The van der Waals surface area contributed by atoms with Crippen molar-refractivity contribution in [1.29, 1.82) is 0 Å². The van der Waals surface area contributed by atoms with E-state index in [1.54, 1.807) is 6.07 Å². The van der Waals surface area contributed by atoms with Crippen LogP contribution in [-0.2, 0) is 6.42 Å². The lowest BCUT2D eigenvalue weighted by Crippen LogP contribution is -2.14. The standard InChI is InChI=1S/C12H16O/c1-8-5-9(2)12-7-11(13)4-3-10(12)6-8/h3-4,7-9,13H,5-6H2,1-2H3. The molecule has 0 saturated carbocycles. The number of aromatic hydroxyl groups is 1. The van der Waals surface area contributed by atoms with E-state index in [-0.39, 0.29) is 0 Å². The van der Waals surface area contributed by atoms with Gasteiger partial charge in [-0.15, -0.1) is 0 Å². The highest BCUT2D eigenvalue weighted by Crippen LogP contribution is 2.35. The zero-order valence-electron chi connectivity index (χ0n) is 8.25. The van der Waals surface area contributed by atoms with Crippen LogP contribution in [0.5, 0.6) is 5.75 Å². The molecule has 1 heteroatoms. The lowest BCUT2D eigenvalue weighted by Gasteiger charge is -2.27. The van der Waals surface area contributed by atoms with Crippen LogP contribution in [0.15, 0.2) is 18.2 Å². The Morgan fingerprint density at radius 3 is 2.85 bits per heavy atom. The predicted molar refractivity (Wildman–Crippen MR) is 54.0 cm³/mol. The molecule has 1 aromatic carbocycles. The quantitative estimate of drug-likeness (QED) is 0.644. The number of hydrogen-bond acceptors (Lipinski definition) is 1. The summed E-state index contributed by atoms with van der Waals surface area (Å²) in [5.41, 5.74) is 2.77. The molecule has 0 saturated heterocycles. The van der Waals surface area contributed by atoms with Gasteiger partial charge in [0.05, 0.1) is 0 Å². The van der Waals surface area contributed by atoms with Gasteiger partial charge in [-0.1, -0.05) is 19.9 Å². The first-order valence-corrected chi connectivity index (χ1v) is 4.98. The Hall–Kier alpha value is -0.980. The monoisotopic (exact) mass is 176 g/mol. The van der Waals surface area contributed by atoms with Crippen LogP contribution in [0.4, 0.5) is 0 Å². The molecule has 0 fully saturated rings. The van der Waals surface area contributed by atoms with Crippen molar-refractivity contribution in [3.05, 3.63) is 29.3 Å². The second-order valence-corrected chi connectivity index (χ2v) is 4.33. The fourth-order valence-electron chi connectivity index (χ4n) is 2.42. The average molecular weight is 176 g/mol. The summed E-state index contributed by atoms with van der Waals surface area (Å²) in [4.78, 5) is 0. The van der Waals surface area contributed by atoms with Gasteiger partial charge in [-0.05, 0) is 47.9 Å². The lowest BCUT2D eigenvalue weighted by atomic mass is 9.78. The summed E-state index contributed by atoms with van der Waals surface area (Å²) in [6, 6.07) is 5.78. The van der Waals surface area contributed by atoms with Gasteiger partial charge < -0.3 is 5.11 Å². The average Bonchev–Trinajstić information content (AvgIpc) is 2.06. The van der Waals surface area contributed by atoms with E-state index < -0.39 is 0 Å². The molecular formula is C12H16O. The van der Waals surface area contributed by atoms with Gasteiger partial charge in [0.1, 0.15) is 5.75 Å². The van der Waals surface area contributed by atoms with Gasteiger partial charge in [0.25, 0.3) is 0 Å². The third-order valence-corrected chi connectivity index (χ3v) is 2.98. The summed E-state index contributed by atoms with van der Waals surface area (Å²) in [6.07, 6.45) is 2.41. The van der Waals surface area contributed by atoms with Crippen molar-refractivity contribution < 1.29 is 5.11 Å². The highest BCUT2D eigenvalue weighted by molar-refractivity contribution is 5.38. The maximum Gasteiger partial charge on any atom is 0.115 e. The summed E-state index contributed by atoms with van der Waals surface area (Å²) >= 11 is 0. The van der Waals surface area contributed by atoms with Crippen molar-refractivity contribution in [2.24, 2.45) is 5.92 Å². The van der Waals surface area contributed by atoms with Crippen LogP contribution in [-0.4, -0.2) is 5.11 Å². The molecule has 0 radical (unpaired) electrons. The van der Waals surface area contributed by atoms with Crippen LogP contribution in [0.2, 0.25) is 0 Å². The molecule has 0 spiro atoms. The first-order valence-electron chi connectivity index (χ1n) is 4.98. The van der Waals surface area contributed by atoms with Crippen LogP contribution in [0.25, 0.3) is 0 Å². The van der Waals surface area contributed by atoms with E-state index in [9.17, 15) is 5.11 Å². The van der Waals surface area contributed by atoms with E-state index in [2.05, 4.69) is 19.9 Å². The SMILES string of the molecule is CC1Cc2ccc(O)cc2C(C)C1. The number of rotatable bonds is 0. The van der Waals surface area contributed by atoms with Crippen LogP contribution in [0.1, 0.15) is 37.3 Å². The smallest absolute Gasteiger partial charge is 0.115 e. The zero-order chi connectivity index (χ0) is 9.42. The minimum absolute atomic E-state index is 0.403. The minimum Gasteiger partial charge on any atom is -0.508 e. The molecule has 0 bridgehead atoms. The molecule has 0 amide bonds. The van der Waals surface area contributed by atoms with Crippen molar-refractivity contribution in [1.82, 2.24) is 0 Å². The highest BCUT2D eigenvalue weighted by atomic mass is 16.3. The first kappa shape index (κ1) is 8.61. The molecule has 1 nitrogen and oxygen atoms in total. The Bertz CT molecular complexity index is 317. The summed E-state index contributed by atoms with van der Waals surface area (Å²) in [5.74, 6) is 1.79. The fourth-order valence-corrected chi connectivity index (χ4v) is 2.42. The van der Waals surface area contributed by atoms with Crippen molar-refractivity contribution in [2.75, 3.05) is 0 Å². The first-order chi connectivity index (χ1) is 6.16. The summed E-state index contributed by atoms with van der Waals surface area (Å²) in [5, 5.41) is 9.37. The van der Waals surface area contributed by atoms with Gasteiger partial charge in [-0.25, -0.2) is 0 Å². The van der Waals surface area contributed by atoms with Gasteiger partial charge in [0, 0.05) is 0 Å². The normalized spacial score (nSPS) is 26.9. The molecule has 0 aliphatic heterocycles. The molecule has 1 aliphatic rings. The lowest BCUT2D eigenvalue weighted by molar-refractivity contribution is 0.440. The molecule has 1 N–H and O–H groups in total. The van der Waals surface area contributed by atoms with E-state index >= 15 is 0 Å². The second kappa shape index (κ2) is 3.06. The molecule has 13 heavy (non-hydrogen) atoms. The van der Waals surface area contributed by atoms with E-state index in [1.807, 2.05) is 6.07 Å². The van der Waals surface area contributed by atoms with Gasteiger partial charge in [0.15, 0.2) is 0 Å². The van der Waals surface area contributed by atoms with E-state index in [0.29, 0.717) is 11.7 Å². The number of hydrogen-bond donors (Lipinski definition) is 1. The molecule has 2 unspecified atom stereocenters. The largest absolute Gasteiger partial charge is 0.508 e.